The lowest BCUT2D eigenvalue weighted by Crippen LogP contribution is -2.19. The van der Waals surface area contributed by atoms with E-state index >= 15 is 0 Å². The highest BCUT2D eigenvalue weighted by atomic mass is 19.4. The summed E-state index contributed by atoms with van der Waals surface area (Å²) in [7, 11) is 0. The van der Waals surface area contributed by atoms with Gasteiger partial charge in [0.2, 0.25) is 5.91 Å². The lowest BCUT2D eigenvalue weighted by molar-refractivity contribution is -0.138. The second kappa shape index (κ2) is 5.66. The predicted molar refractivity (Wildman–Crippen MR) is 59.1 cm³/mol. The standard InChI is InChI=1S/C12H11F4NO/c1-8(18)17-7-3-4-9-10(12(14,15)16)5-2-6-11(9)13/h2-6H,7H2,1H3,(H,17,18). The Morgan fingerprint density at radius 1 is 1.39 bits per heavy atom. The molecule has 0 aliphatic carbocycles. The average molecular weight is 261 g/mol. The van der Waals surface area contributed by atoms with Crippen LogP contribution in [0.2, 0.25) is 0 Å². The molecule has 18 heavy (non-hydrogen) atoms. The minimum Gasteiger partial charge on any atom is -0.353 e. The minimum absolute atomic E-state index is 0.0426. The van der Waals surface area contributed by atoms with Gasteiger partial charge in [0.25, 0.3) is 0 Å². The van der Waals surface area contributed by atoms with Gasteiger partial charge in [-0.15, -0.1) is 0 Å². The van der Waals surface area contributed by atoms with Gasteiger partial charge in [-0.2, -0.15) is 13.2 Å². The maximum Gasteiger partial charge on any atom is 0.417 e. The summed E-state index contributed by atoms with van der Waals surface area (Å²) in [5.41, 5.74) is -1.57. The summed E-state index contributed by atoms with van der Waals surface area (Å²) in [5, 5.41) is 2.36. The second-order valence-electron chi connectivity index (χ2n) is 3.54. The number of halogens is 4. The molecule has 1 aromatic rings. The van der Waals surface area contributed by atoms with E-state index in [1.54, 1.807) is 0 Å². The molecule has 0 heterocycles. The summed E-state index contributed by atoms with van der Waals surface area (Å²) in [5.74, 6) is -1.27. The number of carbonyl (C=O) groups excluding carboxylic acids is 1. The summed E-state index contributed by atoms with van der Waals surface area (Å²) in [4.78, 5) is 10.5. The first-order valence-electron chi connectivity index (χ1n) is 5.09. The van der Waals surface area contributed by atoms with Crippen molar-refractivity contribution < 1.29 is 22.4 Å². The number of amides is 1. The largest absolute Gasteiger partial charge is 0.417 e. The quantitative estimate of drug-likeness (QED) is 0.833. The Balaban J connectivity index is 2.97. The van der Waals surface area contributed by atoms with Crippen molar-refractivity contribution in [2.75, 3.05) is 6.54 Å². The minimum atomic E-state index is -4.62. The molecule has 1 rings (SSSR count). The van der Waals surface area contributed by atoms with Gasteiger partial charge in [0.15, 0.2) is 0 Å². The lowest BCUT2D eigenvalue weighted by atomic mass is 10.1. The van der Waals surface area contributed by atoms with Crippen molar-refractivity contribution in [3.63, 3.8) is 0 Å². The molecule has 0 bridgehead atoms. The highest BCUT2D eigenvalue weighted by Gasteiger charge is 2.33. The van der Waals surface area contributed by atoms with Gasteiger partial charge in [0.05, 0.1) is 5.56 Å². The van der Waals surface area contributed by atoms with E-state index in [9.17, 15) is 22.4 Å². The molecule has 2 nitrogen and oxygen atoms in total. The Bertz CT molecular complexity index is 466. The monoisotopic (exact) mass is 261 g/mol. The molecule has 0 saturated heterocycles. The number of hydrogen-bond donors (Lipinski definition) is 1. The molecule has 0 spiro atoms. The van der Waals surface area contributed by atoms with Gasteiger partial charge < -0.3 is 5.32 Å². The fraction of sp³-hybridized carbons (Fsp3) is 0.250. The van der Waals surface area contributed by atoms with Gasteiger partial charge in [0, 0.05) is 19.0 Å². The van der Waals surface area contributed by atoms with Gasteiger partial charge in [-0.1, -0.05) is 18.2 Å². The maximum atomic E-state index is 13.3. The third-order valence-electron chi connectivity index (χ3n) is 2.11. The molecule has 0 aromatic heterocycles. The molecule has 0 aliphatic heterocycles. The van der Waals surface area contributed by atoms with Gasteiger partial charge in [0.1, 0.15) is 5.82 Å². The van der Waals surface area contributed by atoms with Gasteiger partial charge >= 0.3 is 6.18 Å². The van der Waals surface area contributed by atoms with E-state index in [1.165, 1.54) is 13.0 Å². The van der Waals surface area contributed by atoms with Crippen LogP contribution in [-0.4, -0.2) is 12.5 Å². The SMILES string of the molecule is CC(=O)NCC=Cc1c(F)cccc1C(F)(F)F. The Morgan fingerprint density at radius 3 is 2.61 bits per heavy atom. The molecule has 1 aromatic carbocycles. The third kappa shape index (κ3) is 3.87. The van der Waals surface area contributed by atoms with Crippen LogP contribution in [0.4, 0.5) is 17.6 Å². The van der Waals surface area contributed by atoms with Crippen molar-refractivity contribution in [1.29, 1.82) is 0 Å². The van der Waals surface area contributed by atoms with Gasteiger partial charge in [-0.25, -0.2) is 4.39 Å². The molecule has 0 atom stereocenters. The van der Waals surface area contributed by atoms with E-state index in [-0.39, 0.29) is 12.5 Å². The van der Waals surface area contributed by atoms with Crippen LogP contribution in [-0.2, 0) is 11.0 Å². The van der Waals surface area contributed by atoms with Crippen LogP contribution in [0.1, 0.15) is 18.1 Å². The molecule has 0 unspecified atom stereocenters. The van der Waals surface area contributed by atoms with Crippen LogP contribution in [0.15, 0.2) is 24.3 Å². The molecule has 98 valence electrons. The molecule has 0 radical (unpaired) electrons. The fourth-order valence-electron chi connectivity index (χ4n) is 1.33. The molecule has 1 N–H and O–H groups in total. The van der Waals surface area contributed by atoms with E-state index in [0.29, 0.717) is 0 Å². The van der Waals surface area contributed by atoms with Crippen LogP contribution in [0.3, 0.4) is 0 Å². The number of carbonyl (C=O) groups is 1. The summed E-state index contributed by atoms with van der Waals surface area (Å²) >= 11 is 0. The van der Waals surface area contributed by atoms with E-state index in [0.717, 1.165) is 24.3 Å². The van der Waals surface area contributed by atoms with Crippen molar-refractivity contribution in [2.45, 2.75) is 13.1 Å². The molecule has 0 fully saturated rings. The highest BCUT2D eigenvalue weighted by Crippen LogP contribution is 2.33. The van der Waals surface area contributed by atoms with Crippen LogP contribution < -0.4 is 5.32 Å². The van der Waals surface area contributed by atoms with E-state index in [4.69, 9.17) is 0 Å². The average Bonchev–Trinajstić information content (AvgIpc) is 2.24. The van der Waals surface area contributed by atoms with Gasteiger partial charge in [-0.3, -0.25) is 4.79 Å². The Kier molecular flexibility index (Phi) is 4.47. The summed E-state index contributed by atoms with van der Waals surface area (Å²) in [6, 6.07) is 2.76. The normalized spacial score (nSPS) is 11.8. The Labute approximate surface area is 101 Å². The smallest absolute Gasteiger partial charge is 0.353 e. The number of rotatable bonds is 3. The molecular weight excluding hydrogens is 250 g/mol. The van der Waals surface area contributed by atoms with E-state index in [2.05, 4.69) is 5.32 Å². The zero-order valence-electron chi connectivity index (χ0n) is 9.51. The third-order valence-corrected chi connectivity index (χ3v) is 2.11. The molecule has 6 heteroatoms. The van der Waals surface area contributed by atoms with Crippen LogP contribution in [0.5, 0.6) is 0 Å². The zero-order valence-corrected chi connectivity index (χ0v) is 9.51. The Hall–Kier alpha value is -1.85. The van der Waals surface area contributed by atoms with Gasteiger partial charge in [-0.05, 0) is 12.1 Å². The van der Waals surface area contributed by atoms with E-state index in [1.807, 2.05) is 0 Å². The summed E-state index contributed by atoms with van der Waals surface area (Å²) < 4.78 is 51.1. The van der Waals surface area contributed by atoms with Crippen molar-refractivity contribution in [1.82, 2.24) is 5.32 Å². The maximum absolute atomic E-state index is 13.3. The molecular formula is C12H11F4NO. The first-order valence-corrected chi connectivity index (χ1v) is 5.09. The Morgan fingerprint density at radius 2 is 2.06 bits per heavy atom. The first-order chi connectivity index (χ1) is 8.32. The van der Waals surface area contributed by atoms with Crippen LogP contribution in [0.25, 0.3) is 6.08 Å². The molecule has 1 amide bonds. The number of hydrogen-bond acceptors (Lipinski definition) is 1. The topological polar surface area (TPSA) is 29.1 Å². The summed E-state index contributed by atoms with van der Waals surface area (Å²) in [6.45, 7) is 1.32. The number of alkyl halides is 3. The highest BCUT2D eigenvalue weighted by molar-refractivity contribution is 5.73. The zero-order chi connectivity index (χ0) is 13.8. The van der Waals surface area contributed by atoms with Crippen molar-refractivity contribution in [2.24, 2.45) is 0 Å². The van der Waals surface area contributed by atoms with Crippen molar-refractivity contribution in [3.05, 3.63) is 41.2 Å². The number of benzene rings is 1. The first kappa shape index (κ1) is 14.2. The number of nitrogens with one attached hydrogen (secondary N) is 1. The lowest BCUT2D eigenvalue weighted by Gasteiger charge is -2.10. The fourth-order valence-corrected chi connectivity index (χ4v) is 1.33. The van der Waals surface area contributed by atoms with E-state index < -0.39 is 23.1 Å². The van der Waals surface area contributed by atoms with Crippen LogP contribution in [0, 0.1) is 5.82 Å². The van der Waals surface area contributed by atoms with Crippen molar-refractivity contribution >= 4 is 12.0 Å². The van der Waals surface area contributed by atoms with Crippen molar-refractivity contribution in [3.8, 4) is 0 Å². The summed E-state index contributed by atoms with van der Waals surface area (Å²) in [6.07, 6.45) is -2.35. The second-order valence-corrected chi connectivity index (χ2v) is 3.54. The van der Waals surface area contributed by atoms with Crippen LogP contribution >= 0.6 is 0 Å². The molecule has 0 aliphatic rings. The predicted octanol–water partition coefficient (Wildman–Crippen LogP) is 2.99. The molecule has 0 saturated carbocycles.